The first kappa shape index (κ1) is 16.9. The second-order valence-corrected chi connectivity index (χ2v) is 5.16. The van der Waals surface area contributed by atoms with Crippen LogP contribution in [0, 0.1) is 5.92 Å². The molecule has 0 aliphatic carbocycles. The summed E-state index contributed by atoms with van der Waals surface area (Å²) >= 11 is 0. The van der Waals surface area contributed by atoms with E-state index in [2.05, 4.69) is 34.8 Å². The van der Waals surface area contributed by atoms with Crippen LogP contribution in [-0.2, 0) is 4.79 Å². The van der Waals surface area contributed by atoms with Gasteiger partial charge in [-0.3, -0.25) is 14.6 Å². The molecule has 0 saturated carbocycles. The van der Waals surface area contributed by atoms with Gasteiger partial charge in [0.25, 0.3) is 5.91 Å². The fourth-order valence-corrected chi connectivity index (χ4v) is 1.64. The Morgan fingerprint density at radius 2 is 2.05 bits per heavy atom. The lowest BCUT2D eigenvalue weighted by atomic mass is 10.2. The summed E-state index contributed by atoms with van der Waals surface area (Å²) in [7, 11) is 0. The number of anilines is 1. The van der Waals surface area contributed by atoms with E-state index in [-0.39, 0.29) is 11.8 Å². The summed E-state index contributed by atoms with van der Waals surface area (Å²) in [5.41, 5.74) is 1.15. The lowest BCUT2D eigenvalue weighted by molar-refractivity contribution is -0.120. The lowest BCUT2D eigenvalue weighted by Gasteiger charge is -2.09. The van der Waals surface area contributed by atoms with E-state index in [0.29, 0.717) is 37.7 Å². The molecule has 0 saturated heterocycles. The zero-order valence-corrected chi connectivity index (χ0v) is 12.9. The van der Waals surface area contributed by atoms with Crippen molar-refractivity contribution in [3.8, 4) is 0 Å². The monoisotopic (exact) mass is 292 g/mol. The van der Waals surface area contributed by atoms with E-state index in [4.69, 9.17) is 0 Å². The molecule has 1 heterocycles. The molecule has 21 heavy (non-hydrogen) atoms. The smallest absolute Gasteiger partial charge is 0.269 e. The molecule has 6 nitrogen and oxygen atoms in total. The average Bonchev–Trinajstić information content (AvgIpc) is 2.46. The van der Waals surface area contributed by atoms with Crippen LogP contribution in [0.1, 0.15) is 37.7 Å². The number of carbonyl (C=O) groups is 2. The second-order valence-electron chi connectivity index (χ2n) is 5.16. The molecular formula is C15H24N4O2. The summed E-state index contributed by atoms with van der Waals surface area (Å²) in [5.74, 6) is 0.270. The number of hydrogen-bond acceptors (Lipinski definition) is 4. The minimum absolute atomic E-state index is 0.0224. The number of pyridine rings is 1. The van der Waals surface area contributed by atoms with Crippen LogP contribution in [0.4, 0.5) is 5.69 Å². The summed E-state index contributed by atoms with van der Waals surface area (Å²) in [6, 6.07) is 3.45. The van der Waals surface area contributed by atoms with Gasteiger partial charge in [-0.05, 0) is 25.0 Å². The Hall–Kier alpha value is -2.11. The van der Waals surface area contributed by atoms with E-state index in [1.807, 2.05) is 6.92 Å². The van der Waals surface area contributed by atoms with E-state index >= 15 is 0 Å². The number of rotatable bonds is 8. The van der Waals surface area contributed by atoms with Crippen molar-refractivity contribution in [1.82, 2.24) is 15.6 Å². The van der Waals surface area contributed by atoms with Crippen molar-refractivity contribution >= 4 is 17.5 Å². The standard InChI is InChI=1S/C15H24N4O2/c1-4-16-15(21)13-9-12(5-7-18-13)17-8-6-14(20)19-10-11(2)3/h5,7,9,11H,4,6,8,10H2,1-3H3,(H,16,21)(H,17,18)(H,19,20). The maximum absolute atomic E-state index is 11.7. The molecule has 0 atom stereocenters. The van der Waals surface area contributed by atoms with E-state index < -0.39 is 0 Å². The van der Waals surface area contributed by atoms with Crippen molar-refractivity contribution in [1.29, 1.82) is 0 Å². The van der Waals surface area contributed by atoms with Crippen LogP contribution in [0.2, 0.25) is 0 Å². The zero-order valence-electron chi connectivity index (χ0n) is 12.9. The van der Waals surface area contributed by atoms with Gasteiger partial charge in [0, 0.05) is 37.9 Å². The Kier molecular flexibility index (Phi) is 7.21. The van der Waals surface area contributed by atoms with Gasteiger partial charge in [0.05, 0.1) is 0 Å². The number of aromatic nitrogens is 1. The van der Waals surface area contributed by atoms with Crippen molar-refractivity contribution in [3.63, 3.8) is 0 Å². The van der Waals surface area contributed by atoms with Gasteiger partial charge in [0.2, 0.25) is 5.91 Å². The number of nitrogens with zero attached hydrogens (tertiary/aromatic N) is 1. The quantitative estimate of drug-likeness (QED) is 0.676. The predicted octanol–water partition coefficient (Wildman–Crippen LogP) is 1.41. The average molecular weight is 292 g/mol. The SMILES string of the molecule is CCNC(=O)c1cc(NCCC(=O)NCC(C)C)ccn1. The van der Waals surface area contributed by atoms with E-state index in [1.54, 1.807) is 18.3 Å². The molecule has 3 N–H and O–H groups in total. The van der Waals surface area contributed by atoms with E-state index in [0.717, 1.165) is 5.69 Å². The second kappa shape index (κ2) is 8.94. The highest BCUT2D eigenvalue weighted by Crippen LogP contribution is 2.07. The van der Waals surface area contributed by atoms with Crippen LogP contribution in [0.25, 0.3) is 0 Å². The number of amides is 2. The maximum Gasteiger partial charge on any atom is 0.269 e. The third-order valence-electron chi connectivity index (χ3n) is 2.72. The minimum Gasteiger partial charge on any atom is -0.384 e. The topological polar surface area (TPSA) is 83.1 Å². The van der Waals surface area contributed by atoms with Gasteiger partial charge in [0.15, 0.2) is 0 Å². The normalized spacial score (nSPS) is 10.3. The van der Waals surface area contributed by atoms with Gasteiger partial charge in [-0.15, -0.1) is 0 Å². The van der Waals surface area contributed by atoms with Crippen molar-refractivity contribution in [3.05, 3.63) is 24.0 Å². The Balaban J connectivity index is 2.40. The number of carbonyl (C=O) groups excluding carboxylic acids is 2. The fourth-order valence-electron chi connectivity index (χ4n) is 1.64. The van der Waals surface area contributed by atoms with Crippen LogP contribution in [0.3, 0.4) is 0 Å². The van der Waals surface area contributed by atoms with Crippen molar-refractivity contribution in [2.75, 3.05) is 25.0 Å². The molecule has 1 rings (SSSR count). The predicted molar refractivity (Wildman–Crippen MR) is 83.2 cm³/mol. The Morgan fingerprint density at radius 3 is 2.71 bits per heavy atom. The molecule has 1 aromatic heterocycles. The molecule has 0 radical (unpaired) electrons. The van der Waals surface area contributed by atoms with Gasteiger partial charge in [0.1, 0.15) is 5.69 Å². The third-order valence-corrected chi connectivity index (χ3v) is 2.72. The van der Waals surface area contributed by atoms with Crippen molar-refractivity contribution in [2.45, 2.75) is 27.2 Å². The third kappa shape index (κ3) is 6.74. The van der Waals surface area contributed by atoms with Crippen LogP contribution < -0.4 is 16.0 Å². The fraction of sp³-hybridized carbons (Fsp3) is 0.533. The molecule has 0 aromatic carbocycles. The highest BCUT2D eigenvalue weighted by atomic mass is 16.2. The Labute approximate surface area is 125 Å². The van der Waals surface area contributed by atoms with Crippen LogP contribution in [0.15, 0.2) is 18.3 Å². The molecule has 0 aliphatic heterocycles. The van der Waals surface area contributed by atoms with Gasteiger partial charge in [-0.25, -0.2) is 0 Å². The van der Waals surface area contributed by atoms with Gasteiger partial charge in [-0.2, -0.15) is 0 Å². The van der Waals surface area contributed by atoms with Crippen LogP contribution in [0.5, 0.6) is 0 Å². The molecular weight excluding hydrogens is 268 g/mol. The molecule has 0 bridgehead atoms. The Bertz CT molecular complexity index is 474. The Morgan fingerprint density at radius 1 is 1.29 bits per heavy atom. The lowest BCUT2D eigenvalue weighted by Crippen LogP contribution is -2.28. The summed E-state index contributed by atoms with van der Waals surface area (Å²) in [6.45, 7) is 7.74. The van der Waals surface area contributed by atoms with Gasteiger partial charge < -0.3 is 16.0 Å². The molecule has 0 fully saturated rings. The number of nitrogens with one attached hydrogen (secondary N) is 3. The van der Waals surface area contributed by atoms with E-state index in [9.17, 15) is 9.59 Å². The van der Waals surface area contributed by atoms with Crippen molar-refractivity contribution < 1.29 is 9.59 Å². The van der Waals surface area contributed by atoms with E-state index in [1.165, 1.54) is 0 Å². The maximum atomic E-state index is 11.7. The van der Waals surface area contributed by atoms with Crippen LogP contribution in [-0.4, -0.2) is 36.4 Å². The molecule has 0 aliphatic rings. The largest absolute Gasteiger partial charge is 0.384 e. The zero-order chi connectivity index (χ0) is 15.7. The molecule has 6 heteroatoms. The highest BCUT2D eigenvalue weighted by molar-refractivity contribution is 5.93. The summed E-state index contributed by atoms with van der Waals surface area (Å²) in [5, 5.41) is 8.68. The molecule has 0 unspecified atom stereocenters. The number of hydrogen-bond donors (Lipinski definition) is 3. The molecule has 116 valence electrons. The first-order valence-corrected chi connectivity index (χ1v) is 7.27. The minimum atomic E-state index is -0.198. The molecule has 1 aromatic rings. The van der Waals surface area contributed by atoms with Crippen LogP contribution >= 0.6 is 0 Å². The first-order valence-electron chi connectivity index (χ1n) is 7.27. The highest BCUT2D eigenvalue weighted by Gasteiger charge is 2.07. The van der Waals surface area contributed by atoms with Gasteiger partial charge in [-0.1, -0.05) is 13.8 Å². The van der Waals surface area contributed by atoms with Gasteiger partial charge >= 0.3 is 0 Å². The first-order chi connectivity index (χ1) is 10.0. The summed E-state index contributed by atoms with van der Waals surface area (Å²) < 4.78 is 0. The molecule has 0 spiro atoms. The molecule has 2 amide bonds. The summed E-state index contributed by atoms with van der Waals surface area (Å²) in [4.78, 5) is 27.3. The van der Waals surface area contributed by atoms with Crippen molar-refractivity contribution in [2.24, 2.45) is 5.92 Å². The summed E-state index contributed by atoms with van der Waals surface area (Å²) in [6.07, 6.45) is 1.97.